The van der Waals surface area contributed by atoms with Gasteiger partial charge in [-0.15, -0.1) is 11.8 Å². The molecule has 12 heteroatoms. The fourth-order valence-electron chi connectivity index (χ4n) is 3.48. The van der Waals surface area contributed by atoms with Crippen molar-refractivity contribution in [3.63, 3.8) is 0 Å². The molecule has 0 unspecified atom stereocenters. The Morgan fingerprint density at radius 2 is 1.81 bits per heavy atom. The Kier molecular flexibility index (Phi) is 6.49. The number of nitrogens with two attached hydrogens (primary N) is 1. The number of carbonyl (C=O) groups excluding carboxylic acids is 2. The largest absolute Gasteiger partial charge is 0.456 e. The van der Waals surface area contributed by atoms with Crippen molar-refractivity contribution in [2.75, 3.05) is 11.5 Å². The highest BCUT2D eigenvalue weighted by atomic mass is 35.5. The van der Waals surface area contributed by atoms with Crippen molar-refractivity contribution >= 4 is 52.3 Å². The van der Waals surface area contributed by atoms with E-state index in [1.165, 1.54) is 38.3 Å². The molecule has 4 rings (SSSR count). The van der Waals surface area contributed by atoms with Crippen LogP contribution in [0, 0.1) is 0 Å². The summed E-state index contributed by atoms with van der Waals surface area (Å²) >= 11 is 7.45. The van der Waals surface area contributed by atoms with Crippen molar-refractivity contribution in [3.8, 4) is 0 Å². The van der Waals surface area contributed by atoms with Gasteiger partial charge in [-0.3, -0.25) is 14.2 Å². The molecule has 168 valence electrons. The van der Waals surface area contributed by atoms with Crippen LogP contribution in [0.25, 0.3) is 11.2 Å². The summed E-state index contributed by atoms with van der Waals surface area (Å²) < 4.78 is 18.9. The standard InChI is InChI=1S/C20H20ClN5O5S/c1-10(27)29-16-14(7-32-13-5-3-12(21)4-6-13)31-20(17(16)30-11(2)28)26-9-25-15-18(22)23-8-24-19(15)26/h3-6,8-9,14,16-17,20H,7H2,1-2H3,(H2,22,23,24)/t14-,16-,17-,20-/m1/s1. The van der Waals surface area contributed by atoms with E-state index in [0.717, 1.165) is 4.90 Å². The molecule has 1 aliphatic heterocycles. The number of rotatable bonds is 6. The van der Waals surface area contributed by atoms with E-state index in [1.807, 2.05) is 12.1 Å². The number of thioether (sulfide) groups is 1. The molecule has 0 saturated carbocycles. The Morgan fingerprint density at radius 1 is 1.12 bits per heavy atom. The molecule has 3 aromatic rings. The SMILES string of the molecule is CC(=O)O[C@@H]1[C@H](OC(C)=O)[C@@H](CSc2ccc(Cl)cc2)O[C@H]1n1cnc2c(N)ncnc21. The van der Waals surface area contributed by atoms with Gasteiger partial charge in [0.15, 0.2) is 29.9 Å². The molecule has 4 atom stereocenters. The first-order valence-corrected chi connectivity index (χ1v) is 11.0. The van der Waals surface area contributed by atoms with Crippen LogP contribution < -0.4 is 5.73 Å². The first-order chi connectivity index (χ1) is 15.3. The predicted molar refractivity (Wildman–Crippen MR) is 117 cm³/mol. The lowest BCUT2D eigenvalue weighted by Crippen LogP contribution is -2.39. The van der Waals surface area contributed by atoms with E-state index in [2.05, 4.69) is 15.0 Å². The number of benzene rings is 1. The number of carbonyl (C=O) groups is 2. The molecule has 1 saturated heterocycles. The number of halogens is 1. The second-order valence-electron chi connectivity index (χ2n) is 7.06. The molecule has 3 heterocycles. The molecule has 0 aliphatic carbocycles. The Morgan fingerprint density at radius 3 is 2.50 bits per heavy atom. The topological polar surface area (TPSA) is 131 Å². The predicted octanol–water partition coefficient (Wildman–Crippen LogP) is 2.61. The molecular formula is C20H20ClN5O5S. The van der Waals surface area contributed by atoms with Gasteiger partial charge in [-0.25, -0.2) is 15.0 Å². The second-order valence-corrected chi connectivity index (χ2v) is 8.59. The van der Waals surface area contributed by atoms with E-state index in [4.69, 9.17) is 31.5 Å². The van der Waals surface area contributed by atoms with E-state index in [0.29, 0.717) is 21.9 Å². The molecular weight excluding hydrogens is 458 g/mol. The number of nitrogens with zero attached hydrogens (tertiary/aromatic N) is 4. The van der Waals surface area contributed by atoms with E-state index >= 15 is 0 Å². The lowest BCUT2D eigenvalue weighted by molar-refractivity contribution is -0.165. The van der Waals surface area contributed by atoms with Crippen molar-refractivity contribution < 1.29 is 23.8 Å². The number of hydrogen-bond donors (Lipinski definition) is 1. The monoisotopic (exact) mass is 477 g/mol. The van der Waals surface area contributed by atoms with Crippen LogP contribution in [-0.4, -0.2) is 55.5 Å². The summed E-state index contributed by atoms with van der Waals surface area (Å²) in [4.78, 5) is 37.1. The van der Waals surface area contributed by atoms with E-state index in [-0.39, 0.29) is 5.82 Å². The first kappa shape index (κ1) is 22.3. The normalized spacial score (nSPS) is 22.7. The number of imidazole rings is 1. The molecule has 2 aromatic heterocycles. The van der Waals surface area contributed by atoms with Crippen LogP contribution >= 0.6 is 23.4 Å². The molecule has 1 aromatic carbocycles. The van der Waals surface area contributed by atoms with Gasteiger partial charge in [0.2, 0.25) is 0 Å². The van der Waals surface area contributed by atoms with Crippen LogP contribution in [0.5, 0.6) is 0 Å². The fourth-order valence-corrected chi connectivity index (χ4v) is 4.56. The smallest absolute Gasteiger partial charge is 0.303 e. The Labute approximate surface area is 192 Å². The van der Waals surface area contributed by atoms with Crippen LogP contribution in [0.2, 0.25) is 5.02 Å². The van der Waals surface area contributed by atoms with Gasteiger partial charge in [0.05, 0.1) is 6.33 Å². The molecule has 0 radical (unpaired) electrons. The average molecular weight is 478 g/mol. The van der Waals surface area contributed by atoms with Gasteiger partial charge in [0.25, 0.3) is 0 Å². The summed E-state index contributed by atoms with van der Waals surface area (Å²) in [6.07, 6.45) is -0.373. The second kappa shape index (κ2) is 9.31. The number of fused-ring (bicyclic) bond motifs is 1. The number of nitrogen functional groups attached to an aromatic ring is 1. The summed E-state index contributed by atoms with van der Waals surface area (Å²) in [5.41, 5.74) is 6.69. The summed E-state index contributed by atoms with van der Waals surface area (Å²) in [7, 11) is 0. The molecule has 1 aliphatic rings. The summed E-state index contributed by atoms with van der Waals surface area (Å²) in [6.45, 7) is 2.58. The molecule has 32 heavy (non-hydrogen) atoms. The summed E-state index contributed by atoms with van der Waals surface area (Å²) in [5, 5.41) is 0.632. The molecule has 2 N–H and O–H groups in total. The van der Waals surface area contributed by atoms with E-state index < -0.39 is 36.5 Å². The third kappa shape index (κ3) is 4.64. The fraction of sp³-hybridized carbons (Fsp3) is 0.350. The summed E-state index contributed by atoms with van der Waals surface area (Å²) in [5.74, 6) is -0.412. The van der Waals surface area contributed by atoms with Crippen molar-refractivity contribution in [1.29, 1.82) is 0 Å². The highest BCUT2D eigenvalue weighted by Gasteiger charge is 2.50. The van der Waals surface area contributed by atoms with Crippen molar-refractivity contribution in [2.24, 2.45) is 0 Å². The number of aromatic nitrogens is 4. The van der Waals surface area contributed by atoms with Crippen molar-refractivity contribution in [2.45, 2.75) is 43.3 Å². The van der Waals surface area contributed by atoms with Crippen LogP contribution in [0.1, 0.15) is 20.1 Å². The lowest BCUT2D eigenvalue weighted by Gasteiger charge is -2.23. The number of esters is 2. The number of ether oxygens (including phenoxy) is 3. The van der Waals surface area contributed by atoms with Crippen molar-refractivity contribution in [3.05, 3.63) is 41.9 Å². The van der Waals surface area contributed by atoms with Crippen LogP contribution in [0.3, 0.4) is 0 Å². The van der Waals surface area contributed by atoms with Crippen molar-refractivity contribution in [1.82, 2.24) is 19.5 Å². The summed E-state index contributed by atoms with van der Waals surface area (Å²) in [6, 6.07) is 7.34. The highest BCUT2D eigenvalue weighted by molar-refractivity contribution is 7.99. The maximum Gasteiger partial charge on any atom is 0.303 e. The Bertz CT molecular complexity index is 1140. The van der Waals surface area contributed by atoms with Gasteiger partial charge in [-0.05, 0) is 24.3 Å². The van der Waals surface area contributed by atoms with Gasteiger partial charge >= 0.3 is 11.9 Å². The molecule has 0 amide bonds. The molecule has 0 spiro atoms. The zero-order valence-electron chi connectivity index (χ0n) is 17.2. The molecule has 10 nitrogen and oxygen atoms in total. The quantitative estimate of drug-likeness (QED) is 0.417. The van der Waals surface area contributed by atoms with Gasteiger partial charge in [0, 0.05) is 29.5 Å². The van der Waals surface area contributed by atoms with E-state index in [9.17, 15) is 9.59 Å². The number of hydrogen-bond acceptors (Lipinski definition) is 10. The van der Waals surface area contributed by atoms with Gasteiger partial charge in [-0.2, -0.15) is 0 Å². The molecule has 0 bridgehead atoms. The van der Waals surface area contributed by atoms with Gasteiger partial charge in [-0.1, -0.05) is 11.6 Å². The Balaban J connectivity index is 1.66. The van der Waals surface area contributed by atoms with E-state index in [1.54, 1.807) is 16.7 Å². The van der Waals surface area contributed by atoms with Crippen LogP contribution in [0.4, 0.5) is 5.82 Å². The zero-order valence-corrected chi connectivity index (χ0v) is 18.7. The lowest BCUT2D eigenvalue weighted by atomic mass is 10.1. The van der Waals surface area contributed by atoms with Crippen LogP contribution in [0.15, 0.2) is 41.8 Å². The zero-order chi connectivity index (χ0) is 22.8. The minimum atomic E-state index is -0.916. The number of anilines is 1. The van der Waals surface area contributed by atoms with Gasteiger partial charge < -0.3 is 19.9 Å². The highest BCUT2D eigenvalue weighted by Crippen LogP contribution is 2.38. The third-order valence-electron chi connectivity index (χ3n) is 4.78. The minimum absolute atomic E-state index is 0.210. The van der Waals surface area contributed by atoms with Gasteiger partial charge in [0.1, 0.15) is 17.9 Å². The average Bonchev–Trinajstić information content (AvgIpc) is 3.30. The Hall–Kier alpha value is -2.89. The maximum absolute atomic E-state index is 11.9. The minimum Gasteiger partial charge on any atom is -0.456 e. The first-order valence-electron chi connectivity index (χ1n) is 9.64. The maximum atomic E-state index is 11.9. The molecule has 1 fully saturated rings. The van der Waals surface area contributed by atoms with Crippen LogP contribution in [-0.2, 0) is 23.8 Å². The third-order valence-corrected chi connectivity index (χ3v) is 6.13.